The molecule has 0 saturated carbocycles. The number of carbonyl (C=O) groups excluding carboxylic acids is 2. The number of amides is 2. The zero-order chi connectivity index (χ0) is 24.7. The summed E-state index contributed by atoms with van der Waals surface area (Å²) in [5, 5.41) is 0. The number of likely N-dealkylation sites (tertiary alicyclic amines) is 1. The van der Waals surface area contributed by atoms with Crippen molar-refractivity contribution >= 4 is 28.1 Å². The van der Waals surface area contributed by atoms with E-state index in [1.54, 1.807) is 0 Å². The van der Waals surface area contributed by atoms with Crippen LogP contribution >= 0.6 is 0 Å². The fourth-order valence-corrected chi connectivity index (χ4v) is 3.91. The molecular formula is C20H19F3N4O6S. The van der Waals surface area contributed by atoms with Crippen molar-refractivity contribution in [2.75, 3.05) is 24.9 Å². The van der Waals surface area contributed by atoms with Crippen molar-refractivity contribution < 1.29 is 40.7 Å². The van der Waals surface area contributed by atoms with E-state index in [-0.39, 0.29) is 35.8 Å². The van der Waals surface area contributed by atoms with Gasteiger partial charge < -0.3 is 9.47 Å². The number of carbonyl (C=O) groups is 2. The van der Waals surface area contributed by atoms with E-state index < -0.39 is 47.2 Å². The Kier molecular flexibility index (Phi) is 6.03. The number of ether oxygens (including phenoxy) is 2. The minimum absolute atomic E-state index is 0.00998. The zero-order valence-electron chi connectivity index (χ0n) is 17.7. The molecule has 2 amide bonds. The Balaban J connectivity index is 1.44. The van der Waals surface area contributed by atoms with Gasteiger partial charge in [-0.1, -0.05) is 12.1 Å². The van der Waals surface area contributed by atoms with E-state index >= 15 is 0 Å². The summed E-state index contributed by atoms with van der Waals surface area (Å²) in [6, 6.07) is 8.30. The van der Waals surface area contributed by atoms with Gasteiger partial charge in [-0.2, -0.15) is 8.42 Å². The predicted octanol–water partition coefficient (Wildman–Crippen LogP) is 2.67. The van der Waals surface area contributed by atoms with Gasteiger partial charge in [0.1, 0.15) is 11.5 Å². The number of alkyl halides is 2. The van der Waals surface area contributed by atoms with Crippen LogP contribution in [0.15, 0.2) is 36.4 Å². The molecule has 4 rings (SSSR count). The lowest BCUT2D eigenvalue weighted by molar-refractivity contribution is -0.115. The maximum absolute atomic E-state index is 14.8. The number of anilines is 1. The summed E-state index contributed by atoms with van der Waals surface area (Å²) in [5.41, 5.74) is 0.292. The van der Waals surface area contributed by atoms with Gasteiger partial charge in [0.25, 0.3) is 16.1 Å². The lowest BCUT2D eigenvalue weighted by atomic mass is 10.1. The first-order valence-electron chi connectivity index (χ1n) is 9.89. The smallest absolute Gasteiger partial charge is 0.410 e. The van der Waals surface area contributed by atoms with E-state index in [9.17, 15) is 31.2 Å². The van der Waals surface area contributed by atoms with Crippen molar-refractivity contribution in [1.82, 2.24) is 14.5 Å². The van der Waals surface area contributed by atoms with Crippen molar-refractivity contribution in [3.63, 3.8) is 0 Å². The SMILES string of the molecule is CNS(=O)(=O)Nc1cccc(CN2Cc3ccc(OC(=O)N4CC(F)(F)C4)cc3OC2=O)c1F. The van der Waals surface area contributed by atoms with Gasteiger partial charge in [-0.3, -0.25) is 14.5 Å². The van der Waals surface area contributed by atoms with Crippen LogP contribution in [-0.4, -0.2) is 56.5 Å². The Labute approximate surface area is 192 Å². The molecule has 0 aromatic heterocycles. The van der Waals surface area contributed by atoms with Gasteiger partial charge in [-0.05, 0) is 18.2 Å². The molecule has 2 N–H and O–H groups in total. The summed E-state index contributed by atoms with van der Waals surface area (Å²) in [4.78, 5) is 26.4. The first-order chi connectivity index (χ1) is 16.0. The van der Waals surface area contributed by atoms with Crippen molar-refractivity contribution in [1.29, 1.82) is 0 Å². The lowest BCUT2D eigenvalue weighted by Gasteiger charge is -2.37. The minimum atomic E-state index is -3.94. The number of nitrogens with zero attached hydrogens (tertiary/aromatic N) is 2. The van der Waals surface area contributed by atoms with Crippen molar-refractivity contribution in [2.45, 2.75) is 19.0 Å². The molecule has 10 nitrogen and oxygen atoms in total. The fraction of sp³-hybridized carbons (Fsp3) is 0.300. The Morgan fingerprint density at radius 2 is 1.97 bits per heavy atom. The molecule has 0 aliphatic carbocycles. The van der Waals surface area contributed by atoms with E-state index in [2.05, 4.69) is 0 Å². The van der Waals surface area contributed by atoms with Crippen LogP contribution in [0, 0.1) is 5.82 Å². The Hall–Kier alpha value is -3.52. The van der Waals surface area contributed by atoms with Crippen LogP contribution < -0.4 is 18.9 Å². The average Bonchev–Trinajstić information content (AvgIpc) is 2.75. The molecule has 0 atom stereocenters. The number of fused-ring (bicyclic) bond motifs is 1. The molecule has 2 aliphatic rings. The second kappa shape index (κ2) is 8.68. The van der Waals surface area contributed by atoms with Crippen LogP contribution in [0.2, 0.25) is 0 Å². The van der Waals surface area contributed by atoms with Crippen molar-refractivity contribution in [3.05, 3.63) is 53.3 Å². The zero-order valence-corrected chi connectivity index (χ0v) is 18.5. The van der Waals surface area contributed by atoms with E-state index in [4.69, 9.17) is 9.47 Å². The highest BCUT2D eigenvalue weighted by Gasteiger charge is 2.47. The highest BCUT2D eigenvalue weighted by atomic mass is 32.2. The molecule has 34 heavy (non-hydrogen) atoms. The molecule has 0 unspecified atom stereocenters. The van der Waals surface area contributed by atoms with Crippen molar-refractivity contribution in [2.24, 2.45) is 0 Å². The second-order valence-electron chi connectivity index (χ2n) is 7.66. The van der Waals surface area contributed by atoms with Gasteiger partial charge in [-0.15, -0.1) is 0 Å². The third kappa shape index (κ3) is 5.02. The quantitative estimate of drug-likeness (QED) is 0.630. The maximum Gasteiger partial charge on any atom is 0.415 e. The fourth-order valence-electron chi connectivity index (χ4n) is 3.36. The van der Waals surface area contributed by atoms with Crippen LogP contribution in [0.3, 0.4) is 0 Å². The van der Waals surface area contributed by atoms with Gasteiger partial charge >= 0.3 is 12.2 Å². The van der Waals surface area contributed by atoms with Crippen LogP contribution in [0.4, 0.5) is 28.4 Å². The van der Waals surface area contributed by atoms with E-state index in [0.29, 0.717) is 5.56 Å². The predicted molar refractivity (Wildman–Crippen MR) is 112 cm³/mol. The monoisotopic (exact) mass is 500 g/mol. The average molecular weight is 500 g/mol. The number of benzene rings is 2. The lowest BCUT2D eigenvalue weighted by Crippen LogP contribution is -2.59. The van der Waals surface area contributed by atoms with Gasteiger partial charge in [0, 0.05) is 24.2 Å². The van der Waals surface area contributed by atoms with Gasteiger partial charge in [0.05, 0.1) is 31.9 Å². The number of halogens is 3. The first kappa shape index (κ1) is 23.6. The van der Waals surface area contributed by atoms with E-state index in [0.717, 1.165) is 4.90 Å². The molecule has 182 valence electrons. The second-order valence-corrected chi connectivity index (χ2v) is 9.28. The van der Waals surface area contributed by atoms with E-state index in [1.807, 2.05) is 9.44 Å². The van der Waals surface area contributed by atoms with Crippen molar-refractivity contribution in [3.8, 4) is 11.5 Å². The topological polar surface area (TPSA) is 117 Å². The third-order valence-corrected chi connectivity index (χ3v) is 6.14. The summed E-state index contributed by atoms with van der Waals surface area (Å²) in [7, 11) is -2.77. The molecule has 2 aliphatic heterocycles. The molecule has 0 bridgehead atoms. The highest BCUT2D eigenvalue weighted by molar-refractivity contribution is 7.90. The maximum atomic E-state index is 14.8. The van der Waals surface area contributed by atoms with Gasteiger partial charge in [0.2, 0.25) is 0 Å². The summed E-state index contributed by atoms with van der Waals surface area (Å²) < 4.78 is 78.3. The number of nitrogens with one attached hydrogen (secondary N) is 2. The van der Waals surface area contributed by atoms with Gasteiger partial charge in [-0.25, -0.2) is 27.5 Å². The molecule has 2 aromatic carbocycles. The largest absolute Gasteiger partial charge is 0.415 e. The minimum Gasteiger partial charge on any atom is -0.410 e. The summed E-state index contributed by atoms with van der Waals surface area (Å²) in [6.07, 6.45) is -1.75. The molecule has 14 heteroatoms. The number of rotatable bonds is 6. The van der Waals surface area contributed by atoms with Gasteiger partial charge in [0.15, 0.2) is 5.82 Å². The van der Waals surface area contributed by atoms with Crippen LogP contribution in [0.5, 0.6) is 11.5 Å². The Morgan fingerprint density at radius 1 is 1.24 bits per heavy atom. The Morgan fingerprint density at radius 3 is 2.65 bits per heavy atom. The Bertz CT molecular complexity index is 1250. The summed E-state index contributed by atoms with van der Waals surface area (Å²) in [6.45, 7) is -1.63. The first-order valence-corrected chi connectivity index (χ1v) is 11.4. The summed E-state index contributed by atoms with van der Waals surface area (Å²) in [5.74, 6) is -3.66. The standard InChI is InChI=1S/C20H19F3N4O6S/c1-24-34(30,31)25-15-4-2-3-13(17(15)21)9-26-8-12-5-6-14(7-16(12)33-18(26)28)32-19(29)27-10-20(22,23)11-27/h2-7,24-25H,8-11H2,1H3. The number of hydrogen-bond donors (Lipinski definition) is 2. The summed E-state index contributed by atoms with van der Waals surface area (Å²) >= 11 is 0. The molecule has 1 saturated heterocycles. The molecule has 2 aromatic rings. The van der Waals surface area contributed by atoms with Crippen LogP contribution in [-0.2, 0) is 23.3 Å². The van der Waals surface area contributed by atoms with E-state index in [1.165, 1.54) is 48.3 Å². The molecule has 0 radical (unpaired) electrons. The third-order valence-electron chi connectivity index (χ3n) is 5.12. The normalized spacial score (nSPS) is 16.9. The molecule has 1 fully saturated rings. The number of hydrogen-bond acceptors (Lipinski definition) is 6. The van der Waals surface area contributed by atoms with Crippen LogP contribution in [0.1, 0.15) is 11.1 Å². The molecular weight excluding hydrogens is 481 g/mol. The van der Waals surface area contributed by atoms with Crippen LogP contribution in [0.25, 0.3) is 0 Å². The molecule has 0 spiro atoms. The highest BCUT2D eigenvalue weighted by Crippen LogP contribution is 2.33. The molecule has 2 heterocycles.